The Hall–Kier alpha value is -0.240. The molecular formula is C7H15NO5. The fourth-order valence-electron chi connectivity index (χ4n) is 1.57. The van der Waals surface area contributed by atoms with E-state index in [2.05, 4.69) is 0 Å². The van der Waals surface area contributed by atoms with E-state index in [1.165, 1.54) is 0 Å². The molecule has 0 radical (unpaired) electrons. The van der Waals surface area contributed by atoms with Crippen LogP contribution in [0.25, 0.3) is 0 Å². The van der Waals surface area contributed by atoms with Crippen molar-refractivity contribution in [1.82, 2.24) is 0 Å². The first kappa shape index (κ1) is 10.8. The zero-order valence-corrected chi connectivity index (χ0v) is 7.04. The van der Waals surface area contributed by atoms with Gasteiger partial charge >= 0.3 is 0 Å². The summed E-state index contributed by atoms with van der Waals surface area (Å²) in [5.74, 6) is 0. The van der Waals surface area contributed by atoms with Gasteiger partial charge in [-0.05, 0) is 6.42 Å². The van der Waals surface area contributed by atoms with E-state index in [0.717, 1.165) is 0 Å². The number of rotatable bonds is 1. The molecule has 0 saturated heterocycles. The highest BCUT2D eigenvalue weighted by Gasteiger charge is 2.49. The van der Waals surface area contributed by atoms with Crippen LogP contribution >= 0.6 is 0 Å². The zero-order chi connectivity index (χ0) is 10.2. The van der Waals surface area contributed by atoms with Gasteiger partial charge in [0.25, 0.3) is 0 Å². The van der Waals surface area contributed by atoms with Gasteiger partial charge in [-0.25, -0.2) is 0 Å². The monoisotopic (exact) mass is 193 g/mol. The Morgan fingerprint density at radius 3 is 2.23 bits per heavy atom. The summed E-state index contributed by atoms with van der Waals surface area (Å²) in [6, 6.07) is -0.851. The van der Waals surface area contributed by atoms with Crippen LogP contribution < -0.4 is 5.73 Å². The Morgan fingerprint density at radius 1 is 1.23 bits per heavy atom. The molecule has 5 atom stereocenters. The molecule has 1 fully saturated rings. The first-order valence-electron chi connectivity index (χ1n) is 4.05. The van der Waals surface area contributed by atoms with E-state index in [9.17, 15) is 20.4 Å². The largest absolute Gasteiger partial charge is 0.393 e. The Bertz CT molecular complexity index is 190. The Balaban J connectivity index is 2.82. The third-order valence-electron chi connectivity index (χ3n) is 2.53. The summed E-state index contributed by atoms with van der Waals surface area (Å²) in [6.45, 7) is -0.703. The highest BCUT2D eigenvalue weighted by Crippen LogP contribution is 2.28. The van der Waals surface area contributed by atoms with Crippen molar-refractivity contribution in [2.24, 2.45) is 5.73 Å². The van der Waals surface area contributed by atoms with E-state index in [4.69, 9.17) is 10.8 Å². The molecule has 7 N–H and O–H groups in total. The van der Waals surface area contributed by atoms with Gasteiger partial charge in [0, 0.05) is 6.04 Å². The fraction of sp³-hybridized carbons (Fsp3) is 1.00. The number of hydrogen-bond acceptors (Lipinski definition) is 6. The van der Waals surface area contributed by atoms with Crippen LogP contribution in [0.4, 0.5) is 0 Å². The number of nitrogens with two attached hydrogens (primary N) is 1. The summed E-state index contributed by atoms with van der Waals surface area (Å²) >= 11 is 0. The van der Waals surface area contributed by atoms with E-state index < -0.39 is 36.6 Å². The molecule has 6 heteroatoms. The van der Waals surface area contributed by atoms with Gasteiger partial charge in [-0.3, -0.25) is 0 Å². The molecule has 78 valence electrons. The van der Waals surface area contributed by atoms with Crippen molar-refractivity contribution < 1.29 is 25.5 Å². The second-order valence-electron chi connectivity index (χ2n) is 3.56. The van der Waals surface area contributed by atoms with Crippen molar-refractivity contribution in [1.29, 1.82) is 0 Å². The van der Waals surface area contributed by atoms with Crippen LogP contribution in [-0.4, -0.2) is 62.1 Å². The van der Waals surface area contributed by atoms with Gasteiger partial charge in [-0.2, -0.15) is 0 Å². The predicted molar refractivity (Wildman–Crippen MR) is 42.6 cm³/mol. The molecule has 1 saturated carbocycles. The van der Waals surface area contributed by atoms with Gasteiger partial charge in [0.15, 0.2) is 0 Å². The second-order valence-corrected chi connectivity index (χ2v) is 3.56. The van der Waals surface area contributed by atoms with E-state index in [0.29, 0.717) is 0 Å². The lowest BCUT2D eigenvalue weighted by Crippen LogP contribution is -2.66. The fourth-order valence-corrected chi connectivity index (χ4v) is 1.57. The molecule has 0 heterocycles. The second kappa shape index (κ2) is 3.49. The van der Waals surface area contributed by atoms with Gasteiger partial charge in [0.1, 0.15) is 17.8 Å². The lowest BCUT2D eigenvalue weighted by Gasteiger charge is -2.43. The topological polar surface area (TPSA) is 127 Å². The summed E-state index contributed by atoms with van der Waals surface area (Å²) in [5, 5.41) is 46.1. The van der Waals surface area contributed by atoms with Gasteiger partial charge in [-0.1, -0.05) is 0 Å². The maximum atomic E-state index is 9.56. The molecule has 1 aliphatic carbocycles. The van der Waals surface area contributed by atoms with Crippen molar-refractivity contribution in [3.8, 4) is 0 Å². The summed E-state index contributed by atoms with van der Waals surface area (Å²) in [5.41, 5.74) is 3.57. The molecule has 0 aromatic rings. The molecule has 0 bridgehead atoms. The minimum atomic E-state index is -1.82. The van der Waals surface area contributed by atoms with Crippen LogP contribution in [0.5, 0.6) is 0 Å². The average molecular weight is 193 g/mol. The maximum Gasteiger partial charge on any atom is 0.118 e. The van der Waals surface area contributed by atoms with Crippen molar-refractivity contribution in [2.75, 3.05) is 6.61 Å². The average Bonchev–Trinajstić information content (AvgIpc) is 2.12. The van der Waals surface area contributed by atoms with E-state index in [1.807, 2.05) is 0 Å². The summed E-state index contributed by atoms with van der Waals surface area (Å²) in [6.07, 6.45) is -4.53. The molecule has 1 aliphatic rings. The number of hydrogen-bond donors (Lipinski definition) is 6. The van der Waals surface area contributed by atoms with E-state index in [-0.39, 0.29) is 6.42 Å². The standard InChI is InChI=1S/C7H15NO5/c8-3-1-7(13,2-9)6(12)5(11)4(3)10/h3-6,9-13H,1-2,8H2/t3-,4-,5-,6-,7+/m1/s1. The predicted octanol–water partition coefficient (Wildman–Crippen LogP) is -3.48. The molecule has 13 heavy (non-hydrogen) atoms. The van der Waals surface area contributed by atoms with Crippen molar-refractivity contribution in [2.45, 2.75) is 36.4 Å². The van der Waals surface area contributed by atoms with Crippen LogP contribution in [0.15, 0.2) is 0 Å². The molecule has 0 amide bonds. The SMILES string of the molecule is N[C@@H]1C[C@](O)(CO)[C@H](O)[C@H](O)[C@@H]1O. The minimum Gasteiger partial charge on any atom is -0.393 e. The summed E-state index contributed by atoms with van der Waals surface area (Å²) in [7, 11) is 0. The molecule has 0 aromatic heterocycles. The van der Waals surface area contributed by atoms with E-state index in [1.54, 1.807) is 0 Å². The van der Waals surface area contributed by atoms with Crippen LogP contribution in [0.2, 0.25) is 0 Å². The molecule has 6 nitrogen and oxygen atoms in total. The van der Waals surface area contributed by atoms with Gasteiger partial charge in [0.05, 0.1) is 12.7 Å². The molecule has 0 aromatic carbocycles. The molecular weight excluding hydrogens is 178 g/mol. The first-order chi connectivity index (χ1) is 5.92. The maximum absolute atomic E-state index is 9.56. The third kappa shape index (κ3) is 1.69. The van der Waals surface area contributed by atoms with Crippen LogP contribution in [0.1, 0.15) is 6.42 Å². The van der Waals surface area contributed by atoms with Crippen molar-refractivity contribution in [3.63, 3.8) is 0 Å². The summed E-state index contributed by atoms with van der Waals surface area (Å²) in [4.78, 5) is 0. The van der Waals surface area contributed by atoms with Crippen LogP contribution in [0, 0.1) is 0 Å². The highest BCUT2D eigenvalue weighted by atomic mass is 16.4. The number of aliphatic hydroxyl groups excluding tert-OH is 4. The highest BCUT2D eigenvalue weighted by molar-refractivity contribution is 5.03. The Morgan fingerprint density at radius 2 is 1.77 bits per heavy atom. The number of aliphatic hydroxyl groups is 5. The van der Waals surface area contributed by atoms with Gasteiger partial charge in [0.2, 0.25) is 0 Å². The van der Waals surface area contributed by atoms with Gasteiger partial charge < -0.3 is 31.3 Å². The quantitative estimate of drug-likeness (QED) is 0.257. The Kier molecular flexibility index (Phi) is 2.91. The lowest BCUT2D eigenvalue weighted by molar-refractivity contribution is -0.203. The molecule has 0 spiro atoms. The normalized spacial score (nSPS) is 52.2. The minimum absolute atomic E-state index is 0.150. The lowest BCUT2D eigenvalue weighted by atomic mass is 9.77. The van der Waals surface area contributed by atoms with Crippen LogP contribution in [-0.2, 0) is 0 Å². The van der Waals surface area contributed by atoms with Gasteiger partial charge in [-0.15, -0.1) is 0 Å². The third-order valence-corrected chi connectivity index (χ3v) is 2.53. The summed E-state index contributed by atoms with van der Waals surface area (Å²) < 4.78 is 0. The zero-order valence-electron chi connectivity index (χ0n) is 7.04. The van der Waals surface area contributed by atoms with Crippen molar-refractivity contribution in [3.05, 3.63) is 0 Å². The van der Waals surface area contributed by atoms with Crippen molar-refractivity contribution >= 4 is 0 Å². The first-order valence-corrected chi connectivity index (χ1v) is 4.05. The Labute approximate surface area is 75.2 Å². The molecule has 1 rings (SSSR count). The molecule has 0 aliphatic heterocycles. The smallest absolute Gasteiger partial charge is 0.118 e. The molecule has 0 unspecified atom stereocenters. The van der Waals surface area contributed by atoms with E-state index >= 15 is 0 Å². The van der Waals surface area contributed by atoms with Crippen LogP contribution in [0.3, 0.4) is 0 Å².